The number of anilines is 1. The molecule has 10 heteroatoms. The second kappa shape index (κ2) is 9.30. The van der Waals surface area contributed by atoms with Crippen molar-refractivity contribution in [1.82, 2.24) is 19.5 Å². The SMILES string of the molecule is COCCCn1c(NC(=O)CSc2nc(C)cc(C)n2)cc(=O)[nH]c1=O. The molecule has 2 rings (SSSR count). The third-order valence-electron chi connectivity index (χ3n) is 3.33. The van der Waals surface area contributed by atoms with Gasteiger partial charge in [-0.15, -0.1) is 0 Å². The summed E-state index contributed by atoms with van der Waals surface area (Å²) in [7, 11) is 1.56. The lowest BCUT2D eigenvalue weighted by atomic mass is 10.4. The summed E-state index contributed by atoms with van der Waals surface area (Å²) >= 11 is 1.18. The predicted molar refractivity (Wildman–Crippen MR) is 98.7 cm³/mol. The molecule has 26 heavy (non-hydrogen) atoms. The number of aryl methyl sites for hydroxylation is 2. The molecular formula is C16H21N5O4S. The molecule has 9 nitrogen and oxygen atoms in total. The van der Waals surface area contributed by atoms with Crippen LogP contribution in [0.4, 0.5) is 5.82 Å². The lowest BCUT2D eigenvalue weighted by Gasteiger charge is -2.12. The topological polar surface area (TPSA) is 119 Å². The summed E-state index contributed by atoms with van der Waals surface area (Å²) in [5, 5.41) is 3.11. The zero-order chi connectivity index (χ0) is 19.1. The van der Waals surface area contributed by atoms with Gasteiger partial charge in [0, 0.05) is 37.7 Å². The highest BCUT2D eigenvalue weighted by molar-refractivity contribution is 7.99. The van der Waals surface area contributed by atoms with Crippen LogP contribution in [-0.2, 0) is 16.1 Å². The van der Waals surface area contributed by atoms with Crippen molar-refractivity contribution >= 4 is 23.5 Å². The number of aromatic amines is 1. The van der Waals surface area contributed by atoms with Crippen molar-refractivity contribution in [2.75, 3.05) is 24.8 Å². The van der Waals surface area contributed by atoms with Gasteiger partial charge in [-0.2, -0.15) is 0 Å². The van der Waals surface area contributed by atoms with Gasteiger partial charge in [0.15, 0.2) is 5.16 Å². The van der Waals surface area contributed by atoms with Crippen molar-refractivity contribution < 1.29 is 9.53 Å². The van der Waals surface area contributed by atoms with Crippen LogP contribution in [0, 0.1) is 13.8 Å². The van der Waals surface area contributed by atoms with Gasteiger partial charge in [-0.1, -0.05) is 11.8 Å². The van der Waals surface area contributed by atoms with E-state index in [2.05, 4.69) is 20.3 Å². The average Bonchev–Trinajstić information content (AvgIpc) is 2.54. The van der Waals surface area contributed by atoms with Crippen molar-refractivity contribution in [2.45, 2.75) is 32.0 Å². The summed E-state index contributed by atoms with van der Waals surface area (Å²) in [6, 6.07) is 3.03. The van der Waals surface area contributed by atoms with Crippen LogP contribution >= 0.6 is 11.8 Å². The van der Waals surface area contributed by atoms with E-state index < -0.39 is 11.2 Å². The van der Waals surface area contributed by atoms with E-state index in [9.17, 15) is 14.4 Å². The fourth-order valence-electron chi connectivity index (χ4n) is 2.28. The Kier molecular flexibility index (Phi) is 7.10. The third-order valence-corrected chi connectivity index (χ3v) is 4.17. The molecule has 0 unspecified atom stereocenters. The van der Waals surface area contributed by atoms with Crippen molar-refractivity contribution in [2.24, 2.45) is 0 Å². The fraction of sp³-hybridized carbons (Fsp3) is 0.438. The number of amides is 1. The van der Waals surface area contributed by atoms with Gasteiger partial charge in [0.05, 0.1) is 5.75 Å². The number of H-pyrrole nitrogens is 1. The number of nitrogens with zero attached hydrogens (tertiary/aromatic N) is 3. The summed E-state index contributed by atoms with van der Waals surface area (Å²) in [6.45, 7) is 4.48. The highest BCUT2D eigenvalue weighted by Gasteiger charge is 2.11. The van der Waals surface area contributed by atoms with E-state index >= 15 is 0 Å². The molecule has 0 atom stereocenters. The molecule has 0 aliphatic heterocycles. The molecule has 140 valence electrons. The maximum atomic E-state index is 12.2. The van der Waals surface area contributed by atoms with Crippen LogP contribution in [-0.4, -0.2) is 44.9 Å². The quantitative estimate of drug-likeness (QED) is 0.394. The smallest absolute Gasteiger partial charge is 0.329 e. The summed E-state index contributed by atoms with van der Waals surface area (Å²) in [6.07, 6.45) is 0.566. The van der Waals surface area contributed by atoms with Crippen LogP contribution in [0.2, 0.25) is 0 Å². The molecule has 0 bridgehead atoms. The molecule has 2 aromatic heterocycles. The van der Waals surface area contributed by atoms with E-state index in [-0.39, 0.29) is 17.5 Å². The zero-order valence-electron chi connectivity index (χ0n) is 14.9. The normalized spacial score (nSPS) is 10.7. The number of rotatable bonds is 8. The summed E-state index contributed by atoms with van der Waals surface area (Å²) in [5.74, 6) is -0.146. The molecule has 0 saturated carbocycles. The maximum absolute atomic E-state index is 12.2. The first-order valence-corrected chi connectivity index (χ1v) is 8.95. The van der Waals surface area contributed by atoms with E-state index in [1.54, 1.807) is 7.11 Å². The lowest BCUT2D eigenvalue weighted by Crippen LogP contribution is -2.33. The Labute approximate surface area is 154 Å². The van der Waals surface area contributed by atoms with Gasteiger partial charge in [0.1, 0.15) is 5.82 Å². The summed E-state index contributed by atoms with van der Waals surface area (Å²) < 4.78 is 6.26. The van der Waals surface area contributed by atoms with Crippen LogP contribution < -0.4 is 16.6 Å². The Morgan fingerprint density at radius 2 is 1.96 bits per heavy atom. The Morgan fingerprint density at radius 3 is 2.62 bits per heavy atom. The minimum atomic E-state index is -0.575. The first kappa shape index (κ1) is 19.9. The number of methoxy groups -OCH3 is 1. The predicted octanol–water partition coefficient (Wildman–Crippen LogP) is 0.711. The lowest BCUT2D eigenvalue weighted by molar-refractivity contribution is -0.113. The first-order valence-electron chi connectivity index (χ1n) is 7.97. The average molecular weight is 379 g/mol. The molecule has 2 heterocycles. The van der Waals surface area contributed by atoms with Gasteiger partial charge in [-0.3, -0.25) is 19.1 Å². The third kappa shape index (κ3) is 5.81. The van der Waals surface area contributed by atoms with Crippen molar-refractivity contribution in [1.29, 1.82) is 0 Å². The summed E-state index contributed by atoms with van der Waals surface area (Å²) in [5.41, 5.74) is 0.497. The van der Waals surface area contributed by atoms with Gasteiger partial charge in [-0.25, -0.2) is 14.8 Å². The number of carbonyl (C=O) groups excluding carboxylic acids is 1. The van der Waals surface area contributed by atoms with E-state index in [1.807, 2.05) is 19.9 Å². The highest BCUT2D eigenvalue weighted by Crippen LogP contribution is 2.14. The first-order chi connectivity index (χ1) is 12.4. The number of hydrogen-bond donors (Lipinski definition) is 2. The number of ether oxygens (including phenoxy) is 1. The van der Waals surface area contributed by atoms with Crippen LogP contribution in [0.5, 0.6) is 0 Å². The number of nitrogens with one attached hydrogen (secondary N) is 2. The van der Waals surface area contributed by atoms with Gasteiger partial charge in [0.2, 0.25) is 5.91 Å². The molecule has 0 radical (unpaired) electrons. The van der Waals surface area contributed by atoms with Crippen molar-refractivity contribution in [3.05, 3.63) is 44.4 Å². The number of carbonyl (C=O) groups is 1. The van der Waals surface area contributed by atoms with Crippen LogP contribution in [0.15, 0.2) is 26.9 Å². The van der Waals surface area contributed by atoms with Gasteiger partial charge in [-0.05, 0) is 26.3 Å². The van der Waals surface area contributed by atoms with Gasteiger partial charge < -0.3 is 10.1 Å². The van der Waals surface area contributed by atoms with E-state index in [0.717, 1.165) is 11.4 Å². The molecule has 0 aromatic carbocycles. The van der Waals surface area contributed by atoms with Crippen molar-refractivity contribution in [3.63, 3.8) is 0 Å². The molecular weight excluding hydrogens is 358 g/mol. The fourth-order valence-corrected chi connectivity index (χ4v) is 3.03. The standard InChI is InChI=1S/C16H21N5O4S/c1-10-7-11(2)18-15(17-10)26-9-14(23)19-12-8-13(22)20-16(24)21(12)5-4-6-25-3/h7-8H,4-6,9H2,1-3H3,(H,19,23)(H,20,22,24). The largest absolute Gasteiger partial charge is 0.385 e. The van der Waals surface area contributed by atoms with E-state index in [4.69, 9.17) is 4.74 Å². The Bertz CT molecular complexity index is 873. The monoisotopic (exact) mass is 379 g/mol. The van der Waals surface area contributed by atoms with Crippen molar-refractivity contribution in [3.8, 4) is 0 Å². The second-order valence-corrected chi connectivity index (χ2v) is 6.53. The van der Waals surface area contributed by atoms with E-state index in [1.165, 1.54) is 22.4 Å². The second-order valence-electron chi connectivity index (χ2n) is 5.59. The Hall–Kier alpha value is -2.46. The van der Waals surface area contributed by atoms with E-state index in [0.29, 0.717) is 24.7 Å². The number of hydrogen-bond acceptors (Lipinski definition) is 7. The van der Waals surface area contributed by atoms with Crippen LogP contribution in [0.3, 0.4) is 0 Å². The molecule has 0 spiro atoms. The molecule has 0 fully saturated rings. The molecule has 2 aromatic rings. The number of thioether (sulfide) groups is 1. The molecule has 2 N–H and O–H groups in total. The highest BCUT2D eigenvalue weighted by atomic mass is 32.2. The van der Waals surface area contributed by atoms with Gasteiger partial charge in [0.25, 0.3) is 5.56 Å². The molecule has 0 saturated heterocycles. The molecule has 0 aliphatic carbocycles. The van der Waals surface area contributed by atoms with Crippen LogP contribution in [0.1, 0.15) is 17.8 Å². The zero-order valence-corrected chi connectivity index (χ0v) is 15.7. The molecule has 1 amide bonds. The Balaban J connectivity index is 2.07. The molecule has 0 aliphatic rings. The van der Waals surface area contributed by atoms with Gasteiger partial charge >= 0.3 is 5.69 Å². The Morgan fingerprint density at radius 1 is 1.27 bits per heavy atom. The van der Waals surface area contributed by atoms with Crippen LogP contribution in [0.25, 0.3) is 0 Å². The summed E-state index contributed by atoms with van der Waals surface area (Å²) in [4.78, 5) is 46.5. The minimum absolute atomic E-state index is 0.0575. The maximum Gasteiger partial charge on any atom is 0.329 e. The number of aromatic nitrogens is 4. The minimum Gasteiger partial charge on any atom is -0.385 e.